The predicted molar refractivity (Wildman–Crippen MR) is 135 cm³/mol. The molecule has 1 aliphatic heterocycles. The quantitative estimate of drug-likeness (QED) is 0.360. The Labute approximate surface area is 204 Å². The second-order valence-corrected chi connectivity index (χ2v) is 9.69. The highest BCUT2D eigenvalue weighted by atomic mass is 19.1. The summed E-state index contributed by atoms with van der Waals surface area (Å²) in [6.45, 7) is 4.50. The van der Waals surface area contributed by atoms with Crippen LogP contribution in [0.1, 0.15) is 50.3 Å². The summed E-state index contributed by atoms with van der Waals surface area (Å²) in [5.41, 5.74) is 3.51. The monoisotopic (exact) mass is 472 g/mol. The fraction of sp³-hybridized carbons (Fsp3) is 0.276. The van der Waals surface area contributed by atoms with Crippen LogP contribution in [0.4, 0.5) is 15.8 Å². The van der Waals surface area contributed by atoms with Crippen LogP contribution in [0.3, 0.4) is 0 Å². The van der Waals surface area contributed by atoms with E-state index in [4.69, 9.17) is 4.74 Å². The number of hydrogen-bond acceptors (Lipinski definition) is 5. The summed E-state index contributed by atoms with van der Waals surface area (Å²) >= 11 is 0. The van der Waals surface area contributed by atoms with Gasteiger partial charge in [-0.15, -0.1) is 0 Å². The van der Waals surface area contributed by atoms with Crippen molar-refractivity contribution in [3.63, 3.8) is 0 Å². The van der Waals surface area contributed by atoms with Crippen molar-refractivity contribution in [2.45, 2.75) is 45.8 Å². The van der Waals surface area contributed by atoms with Gasteiger partial charge in [0.15, 0.2) is 5.78 Å². The molecule has 6 heteroatoms. The molecule has 0 radical (unpaired) electrons. The number of allylic oxidation sites excluding steroid dienone is 1. The van der Waals surface area contributed by atoms with Gasteiger partial charge in [-0.1, -0.05) is 50.2 Å². The highest BCUT2D eigenvalue weighted by molar-refractivity contribution is 6.01. The fourth-order valence-electron chi connectivity index (χ4n) is 4.91. The zero-order chi connectivity index (χ0) is 24.6. The number of rotatable bonds is 5. The molecule has 3 aromatic rings. The van der Waals surface area contributed by atoms with Crippen molar-refractivity contribution in [2.75, 3.05) is 10.6 Å². The van der Waals surface area contributed by atoms with E-state index < -0.39 is 11.9 Å². The summed E-state index contributed by atoms with van der Waals surface area (Å²) in [7, 11) is 0. The number of phenols is 1. The summed E-state index contributed by atoms with van der Waals surface area (Å²) < 4.78 is 21.3. The van der Waals surface area contributed by atoms with Crippen molar-refractivity contribution in [1.82, 2.24) is 0 Å². The smallest absolute Gasteiger partial charge is 0.163 e. The standard InChI is InChI=1S/C29H29FN2O3/c1-3-29(2)15-23-26(25(34)16-29)27(31-22-10-7-11-24(33)28(22)32-23)20-13-12-19(14-21(20)30)35-17-18-8-5-4-6-9-18/h4-14,27,31-33H,3,15-17H2,1-2H3. The molecule has 35 heavy (non-hydrogen) atoms. The number of phenolic OH excluding ortho intramolecular Hbond substituents is 1. The summed E-state index contributed by atoms with van der Waals surface area (Å²) in [5, 5.41) is 17.2. The first kappa shape index (κ1) is 23.0. The molecule has 5 rings (SSSR count). The van der Waals surface area contributed by atoms with Crippen LogP contribution in [0, 0.1) is 11.2 Å². The van der Waals surface area contributed by atoms with Crippen LogP contribution < -0.4 is 15.4 Å². The molecule has 0 aromatic heterocycles. The number of ketones is 1. The molecule has 0 saturated carbocycles. The molecule has 2 aliphatic rings. The van der Waals surface area contributed by atoms with E-state index in [1.807, 2.05) is 36.4 Å². The number of para-hydroxylation sites is 1. The molecule has 2 unspecified atom stereocenters. The number of nitrogens with one attached hydrogen (secondary N) is 2. The number of ether oxygens (including phenoxy) is 1. The van der Waals surface area contributed by atoms with Gasteiger partial charge in [-0.2, -0.15) is 0 Å². The Morgan fingerprint density at radius 1 is 1.09 bits per heavy atom. The highest BCUT2D eigenvalue weighted by Gasteiger charge is 2.41. The molecule has 1 heterocycles. The van der Waals surface area contributed by atoms with E-state index in [-0.39, 0.29) is 16.9 Å². The van der Waals surface area contributed by atoms with E-state index >= 15 is 4.39 Å². The van der Waals surface area contributed by atoms with Crippen LogP contribution in [0.15, 0.2) is 78.0 Å². The van der Waals surface area contributed by atoms with E-state index in [0.29, 0.717) is 47.7 Å². The summed E-state index contributed by atoms with van der Waals surface area (Å²) in [4.78, 5) is 13.5. The van der Waals surface area contributed by atoms with Gasteiger partial charge in [-0.3, -0.25) is 4.79 Å². The lowest BCUT2D eigenvalue weighted by Crippen LogP contribution is -2.33. The lowest BCUT2D eigenvalue weighted by Gasteiger charge is -2.36. The van der Waals surface area contributed by atoms with Crippen molar-refractivity contribution in [3.8, 4) is 11.5 Å². The molecule has 0 fully saturated rings. The molecule has 5 nitrogen and oxygen atoms in total. The number of fused-ring (bicyclic) bond motifs is 1. The van der Waals surface area contributed by atoms with Gasteiger partial charge in [0.25, 0.3) is 0 Å². The number of carbonyl (C=O) groups is 1. The first-order chi connectivity index (χ1) is 16.9. The van der Waals surface area contributed by atoms with Crippen molar-refractivity contribution in [2.24, 2.45) is 5.41 Å². The Morgan fingerprint density at radius 2 is 1.89 bits per heavy atom. The lowest BCUT2D eigenvalue weighted by atomic mass is 9.71. The van der Waals surface area contributed by atoms with Crippen molar-refractivity contribution < 1.29 is 19.0 Å². The van der Waals surface area contributed by atoms with Crippen molar-refractivity contribution in [3.05, 3.63) is 94.9 Å². The first-order valence-corrected chi connectivity index (χ1v) is 11.9. The average molecular weight is 473 g/mol. The van der Waals surface area contributed by atoms with Gasteiger partial charge in [0.2, 0.25) is 0 Å². The third-order valence-electron chi connectivity index (χ3n) is 7.11. The minimum Gasteiger partial charge on any atom is -0.506 e. The number of benzene rings is 3. The van der Waals surface area contributed by atoms with Crippen molar-refractivity contribution >= 4 is 17.2 Å². The second kappa shape index (κ2) is 9.10. The number of carbonyl (C=O) groups excluding carboxylic acids is 1. The third kappa shape index (κ3) is 4.48. The Hall–Kier alpha value is -3.80. The normalized spacial score (nSPS) is 21.3. The molecule has 0 bridgehead atoms. The SMILES string of the molecule is CCC1(C)CC(=O)C2=C(C1)Nc1c(O)cccc1NC2c1ccc(OCc2ccccc2)cc1F. The molecular formula is C29H29FN2O3. The topological polar surface area (TPSA) is 70.6 Å². The second-order valence-electron chi connectivity index (χ2n) is 9.69. The van der Waals surface area contributed by atoms with E-state index in [1.54, 1.807) is 24.3 Å². The van der Waals surface area contributed by atoms with Crippen molar-refractivity contribution in [1.29, 1.82) is 0 Å². The minimum atomic E-state index is -0.697. The van der Waals surface area contributed by atoms with Crippen LogP contribution in [0.25, 0.3) is 0 Å². The number of Topliss-reactive ketones (excluding diaryl/α,β-unsaturated/α-hetero) is 1. The van der Waals surface area contributed by atoms with Gasteiger partial charge in [-0.25, -0.2) is 4.39 Å². The van der Waals surface area contributed by atoms with Crippen LogP contribution in [0.5, 0.6) is 11.5 Å². The Morgan fingerprint density at radius 3 is 2.63 bits per heavy atom. The molecule has 1 aliphatic carbocycles. The van der Waals surface area contributed by atoms with Crippen LogP contribution in [-0.2, 0) is 11.4 Å². The number of anilines is 2. The van der Waals surface area contributed by atoms with Gasteiger partial charge in [0.1, 0.15) is 29.6 Å². The maximum Gasteiger partial charge on any atom is 0.163 e. The lowest BCUT2D eigenvalue weighted by molar-refractivity contribution is -0.118. The van der Waals surface area contributed by atoms with E-state index in [1.165, 1.54) is 6.07 Å². The molecule has 3 N–H and O–H groups in total. The molecule has 0 amide bonds. The van der Waals surface area contributed by atoms with Crippen LogP contribution in [-0.4, -0.2) is 10.9 Å². The highest BCUT2D eigenvalue weighted by Crippen LogP contribution is 2.48. The maximum absolute atomic E-state index is 15.5. The molecule has 180 valence electrons. The Balaban J connectivity index is 1.53. The number of aromatic hydroxyl groups is 1. The molecule has 0 spiro atoms. The predicted octanol–water partition coefficient (Wildman–Crippen LogP) is 6.72. The first-order valence-electron chi connectivity index (χ1n) is 11.9. The van der Waals surface area contributed by atoms with Crippen LogP contribution in [0.2, 0.25) is 0 Å². The fourth-order valence-corrected chi connectivity index (χ4v) is 4.91. The Bertz CT molecular complexity index is 1300. The van der Waals surface area contributed by atoms with E-state index in [0.717, 1.165) is 17.7 Å². The third-order valence-corrected chi connectivity index (χ3v) is 7.11. The van der Waals surface area contributed by atoms with Gasteiger partial charge in [0, 0.05) is 29.3 Å². The summed E-state index contributed by atoms with van der Waals surface area (Å²) in [6.07, 6.45) is 1.87. The minimum absolute atomic E-state index is 0.0169. The molecule has 2 atom stereocenters. The number of halogens is 1. The summed E-state index contributed by atoms with van der Waals surface area (Å²) in [5.74, 6) is 0.0170. The average Bonchev–Trinajstić information content (AvgIpc) is 3.01. The number of hydrogen-bond donors (Lipinski definition) is 3. The van der Waals surface area contributed by atoms with Gasteiger partial charge < -0.3 is 20.5 Å². The zero-order valence-electron chi connectivity index (χ0n) is 19.9. The molecule has 3 aromatic carbocycles. The molecule has 0 saturated heterocycles. The Kier molecular flexibility index (Phi) is 5.97. The van der Waals surface area contributed by atoms with E-state index in [9.17, 15) is 9.90 Å². The van der Waals surface area contributed by atoms with Crippen LogP contribution >= 0.6 is 0 Å². The van der Waals surface area contributed by atoms with E-state index in [2.05, 4.69) is 24.5 Å². The largest absolute Gasteiger partial charge is 0.506 e. The molecular weight excluding hydrogens is 443 g/mol. The zero-order valence-corrected chi connectivity index (χ0v) is 19.9. The van der Waals surface area contributed by atoms with Gasteiger partial charge in [0.05, 0.1) is 11.7 Å². The van der Waals surface area contributed by atoms with Gasteiger partial charge in [-0.05, 0) is 48.1 Å². The maximum atomic E-state index is 15.5. The summed E-state index contributed by atoms with van der Waals surface area (Å²) in [6, 6.07) is 18.9. The van der Waals surface area contributed by atoms with Gasteiger partial charge >= 0.3 is 0 Å².